The average Bonchev–Trinajstić information content (AvgIpc) is 2.73. The monoisotopic (exact) mass is 261 g/mol. The lowest BCUT2D eigenvalue weighted by molar-refractivity contribution is 0.0724. The van der Waals surface area contributed by atoms with Crippen molar-refractivity contribution >= 4 is 11.6 Å². The van der Waals surface area contributed by atoms with Crippen molar-refractivity contribution in [1.82, 2.24) is 14.3 Å². The largest absolute Gasteiger partial charge is 0.395 e. The number of pyridine rings is 1. The minimum Gasteiger partial charge on any atom is -0.395 e. The van der Waals surface area contributed by atoms with Crippen LogP contribution in [0.4, 0.5) is 0 Å². The highest BCUT2D eigenvalue weighted by Gasteiger charge is 2.21. The van der Waals surface area contributed by atoms with E-state index in [1.54, 1.807) is 4.90 Å². The van der Waals surface area contributed by atoms with Crippen molar-refractivity contribution in [1.29, 1.82) is 0 Å². The molecule has 0 radical (unpaired) electrons. The molecule has 19 heavy (non-hydrogen) atoms. The number of carbonyl (C=O) groups excluding carboxylic acids is 1. The standard InChI is InChI=1S/C14H19N3O2/c1-4-16(8-9-18)14(19)12-11(3)15-13-10(2)6-5-7-17(12)13/h5-7,18H,4,8-9H2,1-3H3. The molecule has 5 nitrogen and oxygen atoms in total. The second-order valence-corrected chi connectivity index (χ2v) is 4.54. The van der Waals surface area contributed by atoms with Gasteiger partial charge in [-0.15, -0.1) is 0 Å². The highest BCUT2D eigenvalue weighted by molar-refractivity contribution is 5.94. The lowest BCUT2D eigenvalue weighted by Crippen LogP contribution is -2.34. The van der Waals surface area contributed by atoms with Crippen LogP contribution in [0.15, 0.2) is 18.3 Å². The van der Waals surface area contributed by atoms with Gasteiger partial charge in [0.15, 0.2) is 0 Å². The summed E-state index contributed by atoms with van der Waals surface area (Å²) in [6.45, 7) is 6.59. The van der Waals surface area contributed by atoms with Gasteiger partial charge in [0.25, 0.3) is 5.91 Å². The molecule has 2 heterocycles. The highest BCUT2D eigenvalue weighted by Crippen LogP contribution is 2.17. The van der Waals surface area contributed by atoms with Gasteiger partial charge in [-0.25, -0.2) is 4.98 Å². The molecule has 2 aromatic rings. The van der Waals surface area contributed by atoms with Crippen LogP contribution in [0.5, 0.6) is 0 Å². The summed E-state index contributed by atoms with van der Waals surface area (Å²) in [4.78, 5) is 18.6. The number of hydrogen-bond acceptors (Lipinski definition) is 3. The SMILES string of the molecule is CCN(CCO)C(=O)c1c(C)nc2c(C)cccn12. The number of rotatable bonds is 4. The van der Waals surface area contributed by atoms with Crippen LogP contribution in [0.1, 0.15) is 28.7 Å². The van der Waals surface area contributed by atoms with E-state index in [0.717, 1.165) is 16.9 Å². The van der Waals surface area contributed by atoms with Gasteiger partial charge in [0.1, 0.15) is 11.3 Å². The number of aliphatic hydroxyl groups excluding tert-OH is 1. The van der Waals surface area contributed by atoms with Crippen molar-refractivity contribution in [3.05, 3.63) is 35.3 Å². The Labute approximate surface area is 112 Å². The van der Waals surface area contributed by atoms with Gasteiger partial charge in [0, 0.05) is 19.3 Å². The van der Waals surface area contributed by atoms with Gasteiger partial charge < -0.3 is 10.0 Å². The third-order valence-corrected chi connectivity index (χ3v) is 3.26. The van der Waals surface area contributed by atoms with Crippen LogP contribution in [0.3, 0.4) is 0 Å². The Kier molecular flexibility index (Phi) is 3.85. The van der Waals surface area contributed by atoms with Gasteiger partial charge >= 0.3 is 0 Å². The molecule has 5 heteroatoms. The number of carbonyl (C=O) groups is 1. The molecule has 2 aromatic heterocycles. The molecule has 0 fully saturated rings. The summed E-state index contributed by atoms with van der Waals surface area (Å²) in [6.07, 6.45) is 1.85. The first kappa shape index (κ1) is 13.5. The second kappa shape index (κ2) is 5.40. The zero-order valence-corrected chi connectivity index (χ0v) is 11.6. The maximum Gasteiger partial charge on any atom is 0.272 e. The molecule has 0 saturated heterocycles. The summed E-state index contributed by atoms with van der Waals surface area (Å²) in [5.74, 6) is -0.0906. The van der Waals surface area contributed by atoms with Crippen LogP contribution < -0.4 is 0 Å². The fraction of sp³-hybridized carbons (Fsp3) is 0.429. The van der Waals surface area contributed by atoms with Crippen molar-refractivity contribution in [2.45, 2.75) is 20.8 Å². The van der Waals surface area contributed by atoms with Gasteiger partial charge in [0.2, 0.25) is 0 Å². The van der Waals surface area contributed by atoms with E-state index in [9.17, 15) is 4.79 Å². The van der Waals surface area contributed by atoms with Crippen molar-refractivity contribution in [3.8, 4) is 0 Å². The van der Waals surface area contributed by atoms with Crippen molar-refractivity contribution in [2.24, 2.45) is 0 Å². The normalized spacial score (nSPS) is 10.9. The summed E-state index contributed by atoms with van der Waals surface area (Å²) in [7, 11) is 0. The minimum absolute atomic E-state index is 0.0333. The molecule has 0 aliphatic carbocycles. The Balaban J connectivity index is 2.53. The molecule has 1 amide bonds. The number of aliphatic hydroxyl groups is 1. The molecule has 0 unspecified atom stereocenters. The summed E-state index contributed by atoms with van der Waals surface area (Å²) in [5, 5.41) is 9.02. The first-order valence-electron chi connectivity index (χ1n) is 6.44. The van der Waals surface area contributed by atoms with E-state index in [0.29, 0.717) is 18.8 Å². The Bertz CT molecular complexity index is 604. The van der Waals surface area contributed by atoms with Crippen LogP contribution in [0, 0.1) is 13.8 Å². The topological polar surface area (TPSA) is 57.8 Å². The van der Waals surface area contributed by atoms with Gasteiger partial charge in [-0.1, -0.05) is 6.07 Å². The van der Waals surface area contributed by atoms with Gasteiger partial charge in [-0.05, 0) is 32.4 Å². The predicted molar refractivity (Wildman–Crippen MR) is 73.3 cm³/mol. The third-order valence-electron chi connectivity index (χ3n) is 3.26. The van der Waals surface area contributed by atoms with E-state index in [2.05, 4.69) is 4.98 Å². The highest BCUT2D eigenvalue weighted by atomic mass is 16.3. The molecule has 0 aliphatic rings. The number of hydrogen-bond donors (Lipinski definition) is 1. The average molecular weight is 261 g/mol. The number of aryl methyl sites for hydroxylation is 2. The number of nitrogens with zero attached hydrogens (tertiary/aromatic N) is 3. The number of imidazole rings is 1. The zero-order valence-electron chi connectivity index (χ0n) is 11.6. The van der Waals surface area contributed by atoms with E-state index in [1.165, 1.54) is 0 Å². The first-order chi connectivity index (χ1) is 9.10. The molecule has 102 valence electrons. The van der Waals surface area contributed by atoms with Crippen LogP contribution in [0.25, 0.3) is 5.65 Å². The van der Waals surface area contributed by atoms with Crippen LogP contribution in [-0.2, 0) is 0 Å². The zero-order chi connectivity index (χ0) is 14.0. The van der Waals surface area contributed by atoms with Gasteiger partial charge in [-0.2, -0.15) is 0 Å². The summed E-state index contributed by atoms with van der Waals surface area (Å²) >= 11 is 0. The lowest BCUT2D eigenvalue weighted by atomic mass is 10.3. The van der Waals surface area contributed by atoms with E-state index in [-0.39, 0.29) is 12.5 Å². The molecule has 1 N–H and O–H groups in total. The molecular weight excluding hydrogens is 242 g/mol. The summed E-state index contributed by atoms with van der Waals surface area (Å²) < 4.78 is 1.83. The predicted octanol–water partition coefficient (Wildman–Crippen LogP) is 1.41. The maximum absolute atomic E-state index is 12.5. The Morgan fingerprint density at radius 3 is 2.84 bits per heavy atom. The number of aromatic nitrogens is 2. The smallest absolute Gasteiger partial charge is 0.272 e. The van der Waals surface area contributed by atoms with E-state index < -0.39 is 0 Å². The van der Waals surface area contributed by atoms with E-state index >= 15 is 0 Å². The Morgan fingerprint density at radius 2 is 2.21 bits per heavy atom. The van der Waals surface area contributed by atoms with Crippen LogP contribution >= 0.6 is 0 Å². The number of fused-ring (bicyclic) bond motifs is 1. The lowest BCUT2D eigenvalue weighted by Gasteiger charge is -2.19. The molecule has 0 aliphatic heterocycles. The van der Waals surface area contributed by atoms with Crippen molar-refractivity contribution in [2.75, 3.05) is 19.7 Å². The molecule has 0 atom stereocenters. The van der Waals surface area contributed by atoms with Crippen LogP contribution in [-0.4, -0.2) is 45.0 Å². The maximum atomic E-state index is 12.5. The number of likely N-dealkylation sites (N-methyl/N-ethyl adjacent to an activating group) is 1. The van der Waals surface area contributed by atoms with Crippen molar-refractivity contribution < 1.29 is 9.90 Å². The minimum atomic E-state index is -0.0906. The third kappa shape index (κ3) is 2.33. The van der Waals surface area contributed by atoms with Gasteiger partial charge in [-0.3, -0.25) is 9.20 Å². The first-order valence-corrected chi connectivity index (χ1v) is 6.44. The number of amides is 1. The molecule has 0 spiro atoms. The van der Waals surface area contributed by atoms with Crippen molar-refractivity contribution in [3.63, 3.8) is 0 Å². The Morgan fingerprint density at radius 1 is 1.47 bits per heavy atom. The Hall–Kier alpha value is -1.88. The summed E-state index contributed by atoms with van der Waals surface area (Å²) in [5.41, 5.74) is 3.14. The molecule has 0 saturated carbocycles. The quantitative estimate of drug-likeness (QED) is 0.905. The fourth-order valence-corrected chi connectivity index (χ4v) is 2.25. The van der Waals surface area contributed by atoms with Gasteiger partial charge in [0.05, 0.1) is 12.3 Å². The second-order valence-electron chi connectivity index (χ2n) is 4.54. The molecular formula is C14H19N3O2. The van der Waals surface area contributed by atoms with E-state index in [1.807, 2.05) is 43.5 Å². The van der Waals surface area contributed by atoms with E-state index in [4.69, 9.17) is 5.11 Å². The fourth-order valence-electron chi connectivity index (χ4n) is 2.25. The summed E-state index contributed by atoms with van der Waals surface area (Å²) in [6, 6.07) is 3.88. The molecule has 2 rings (SSSR count). The molecule has 0 bridgehead atoms. The van der Waals surface area contributed by atoms with Crippen LogP contribution in [0.2, 0.25) is 0 Å². The molecule has 0 aromatic carbocycles.